The zero-order valence-electron chi connectivity index (χ0n) is 17.3. The minimum Gasteiger partial charge on any atom is -0.346 e. The predicted octanol–water partition coefficient (Wildman–Crippen LogP) is 3.31. The van der Waals surface area contributed by atoms with Gasteiger partial charge in [0.1, 0.15) is 0 Å². The monoisotopic (exact) mass is 383 g/mol. The van der Waals surface area contributed by atoms with Gasteiger partial charge in [-0.15, -0.1) is 0 Å². The van der Waals surface area contributed by atoms with Gasteiger partial charge >= 0.3 is 0 Å². The Labute approximate surface area is 168 Å². The molecule has 0 aromatic heterocycles. The zero-order valence-corrected chi connectivity index (χ0v) is 17.3. The van der Waals surface area contributed by atoms with Gasteiger partial charge in [0.15, 0.2) is 0 Å². The molecule has 0 spiro atoms. The molecule has 0 aliphatic heterocycles. The number of anilines is 1. The number of nitrogens with one attached hydrogen (secondary N) is 3. The van der Waals surface area contributed by atoms with E-state index in [4.69, 9.17) is 0 Å². The van der Waals surface area contributed by atoms with Crippen molar-refractivity contribution in [2.75, 3.05) is 11.9 Å². The van der Waals surface area contributed by atoms with Crippen molar-refractivity contribution in [2.45, 2.75) is 70.9 Å². The van der Waals surface area contributed by atoms with Crippen LogP contribution in [0, 0.1) is 31.6 Å². The van der Waals surface area contributed by atoms with Crippen molar-refractivity contribution >= 4 is 17.5 Å². The molecule has 4 fully saturated rings. The molecule has 5 heteroatoms. The van der Waals surface area contributed by atoms with Gasteiger partial charge in [0.2, 0.25) is 11.8 Å². The van der Waals surface area contributed by atoms with Crippen LogP contribution in [-0.2, 0) is 9.59 Å². The summed E-state index contributed by atoms with van der Waals surface area (Å²) in [4.78, 5) is 24.9. The van der Waals surface area contributed by atoms with Crippen LogP contribution in [0.3, 0.4) is 0 Å². The first kappa shape index (κ1) is 19.4. The van der Waals surface area contributed by atoms with Crippen LogP contribution in [0.25, 0.3) is 0 Å². The maximum absolute atomic E-state index is 12.6. The van der Waals surface area contributed by atoms with E-state index in [2.05, 4.69) is 16.0 Å². The average molecular weight is 384 g/mol. The number of para-hydroxylation sites is 1. The van der Waals surface area contributed by atoms with Crippen molar-refractivity contribution in [1.82, 2.24) is 10.6 Å². The Hall–Kier alpha value is -1.88. The molecule has 3 N–H and O–H groups in total. The van der Waals surface area contributed by atoms with Gasteiger partial charge in [-0.2, -0.15) is 0 Å². The summed E-state index contributed by atoms with van der Waals surface area (Å²) in [5.74, 6) is 2.26. The average Bonchev–Trinajstić information content (AvgIpc) is 2.61. The van der Waals surface area contributed by atoms with Gasteiger partial charge in [0.25, 0.3) is 0 Å². The Bertz CT molecular complexity index is 718. The minimum atomic E-state index is -0.274. The number of carbonyl (C=O) groups excluding carboxylic acids is 2. The van der Waals surface area contributed by atoms with Crippen LogP contribution in [0.4, 0.5) is 5.69 Å². The summed E-state index contributed by atoms with van der Waals surface area (Å²) < 4.78 is 0. The van der Waals surface area contributed by atoms with Crippen LogP contribution in [0.2, 0.25) is 0 Å². The lowest BCUT2D eigenvalue weighted by Gasteiger charge is -2.57. The van der Waals surface area contributed by atoms with Crippen molar-refractivity contribution in [3.8, 4) is 0 Å². The van der Waals surface area contributed by atoms with E-state index in [0.717, 1.165) is 34.6 Å². The summed E-state index contributed by atoms with van der Waals surface area (Å²) in [6.07, 6.45) is 7.80. The lowest BCUT2D eigenvalue weighted by Crippen LogP contribution is -2.62. The maximum Gasteiger partial charge on any atom is 0.243 e. The van der Waals surface area contributed by atoms with Crippen molar-refractivity contribution in [3.05, 3.63) is 29.3 Å². The van der Waals surface area contributed by atoms with Gasteiger partial charge in [-0.25, -0.2) is 0 Å². The van der Waals surface area contributed by atoms with Crippen molar-refractivity contribution in [1.29, 1.82) is 0 Å². The van der Waals surface area contributed by atoms with Crippen LogP contribution < -0.4 is 16.0 Å². The van der Waals surface area contributed by atoms with E-state index < -0.39 is 0 Å². The summed E-state index contributed by atoms with van der Waals surface area (Å²) in [7, 11) is 0. The molecule has 1 atom stereocenters. The molecule has 1 aromatic carbocycles. The lowest BCUT2D eigenvalue weighted by molar-refractivity contribution is -0.126. The Morgan fingerprint density at radius 3 is 2.11 bits per heavy atom. The van der Waals surface area contributed by atoms with E-state index in [-0.39, 0.29) is 29.9 Å². The first-order valence-corrected chi connectivity index (χ1v) is 10.7. The van der Waals surface area contributed by atoms with Gasteiger partial charge < -0.3 is 16.0 Å². The highest BCUT2D eigenvalue weighted by Gasteiger charge is 2.51. The lowest BCUT2D eigenvalue weighted by atomic mass is 9.53. The van der Waals surface area contributed by atoms with Crippen LogP contribution in [0.15, 0.2) is 18.2 Å². The number of hydrogen-bond donors (Lipinski definition) is 3. The van der Waals surface area contributed by atoms with Gasteiger partial charge in [-0.1, -0.05) is 18.2 Å². The molecule has 0 radical (unpaired) electrons. The fraction of sp³-hybridized carbons (Fsp3) is 0.652. The van der Waals surface area contributed by atoms with Crippen molar-refractivity contribution < 1.29 is 9.59 Å². The molecule has 152 valence electrons. The third-order valence-electron chi connectivity index (χ3n) is 7.12. The van der Waals surface area contributed by atoms with Gasteiger partial charge in [-0.3, -0.25) is 9.59 Å². The highest BCUT2D eigenvalue weighted by atomic mass is 16.2. The maximum atomic E-state index is 12.6. The second-order valence-corrected chi connectivity index (χ2v) is 9.60. The highest BCUT2D eigenvalue weighted by molar-refractivity contribution is 5.96. The molecule has 4 aliphatic carbocycles. The molecule has 5 nitrogen and oxygen atoms in total. The Morgan fingerprint density at radius 1 is 1.04 bits per heavy atom. The van der Waals surface area contributed by atoms with Crippen LogP contribution in [0.1, 0.15) is 56.6 Å². The standard InChI is InChI=1S/C23H33N3O2/c1-14-5-4-6-15(2)21(14)25-20(27)13-24-22(28)16(3)26-23-10-17-7-18(11-23)9-19(8-17)12-23/h4-6,16-19,26H,7-13H2,1-3H3,(H,24,28)(H,25,27)/t16-,17?,18?,19?,23?/m1/s1. The second-order valence-electron chi connectivity index (χ2n) is 9.60. The normalized spacial score (nSPS) is 31.5. The highest BCUT2D eigenvalue weighted by Crippen LogP contribution is 2.55. The fourth-order valence-corrected chi connectivity index (χ4v) is 6.33. The molecular formula is C23H33N3O2. The largest absolute Gasteiger partial charge is 0.346 e. The van der Waals surface area contributed by atoms with Gasteiger partial charge in [0.05, 0.1) is 12.6 Å². The number of hydrogen-bond acceptors (Lipinski definition) is 3. The topological polar surface area (TPSA) is 70.2 Å². The second kappa shape index (κ2) is 7.51. The van der Waals surface area contributed by atoms with Crippen LogP contribution in [-0.4, -0.2) is 29.9 Å². The Morgan fingerprint density at radius 2 is 1.57 bits per heavy atom. The summed E-state index contributed by atoms with van der Waals surface area (Å²) >= 11 is 0. The number of amides is 2. The van der Waals surface area contributed by atoms with E-state index in [9.17, 15) is 9.59 Å². The Kier molecular flexibility index (Phi) is 5.21. The van der Waals surface area contributed by atoms with E-state index in [1.54, 1.807) is 0 Å². The molecule has 1 aromatic rings. The first-order valence-electron chi connectivity index (χ1n) is 10.7. The summed E-state index contributed by atoms with van der Waals surface area (Å²) in [6, 6.07) is 5.64. The molecule has 2 amide bonds. The summed E-state index contributed by atoms with van der Waals surface area (Å²) in [5, 5.41) is 9.41. The SMILES string of the molecule is Cc1cccc(C)c1NC(=O)CNC(=O)[C@@H](C)NC12CC3CC(CC(C3)C1)C2. The smallest absolute Gasteiger partial charge is 0.243 e. The van der Waals surface area contributed by atoms with E-state index in [1.807, 2.05) is 39.0 Å². The van der Waals surface area contributed by atoms with E-state index >= 15 is 0 Å². The molecule has 0 heterocycles. The molecule has 0 unspecified atom stereocenters. The molecule has 28 heavy (non-hydrogen) atoms. The molecule has 5 rings (SSSR count). The predicted molar refractivity (Wildman–Crippen MR) is 111 cm³/mol. The van der Waals surface area contributed by atoms with Crippen LogP contribution >= 0.6 is 0 Å². The summed E-state index contributed by atoms with van der Waals surface area (Å²) in [5.41, 5.74) is 3.03. The van der Waals surface area contributed by atoms with Crippen molar-refractivity contribution in [2.24, 2.45) is 17.8 Å². The number of carbonyl (C=O) groups is 2. The third kappa shape index (κ3) is 3.95. The van der Waals surface area contributed by atoms with E-state index in [1.165, 1.54) is 38.5 Å². The van der Waals surface area contributed by atoms with Crippen LogP contribution in [0.5, 0.6) is 0 Å². The number of benzene rings is 1. The Balaban J connectivity index is 1.28. The number of rotatable bonds is 6. The zero-order chi connectivity index (χ0) is 19.9. The molecule has 4 saturated carbocycles. The van der Waals surface area contributed by atoms with E-state index in [0.29, 0.717) is 0 Å². The van der Waals surface area contributed by atoms with Gasteiger partial charge in [0, 0.05) is 11.2 Å². The molecule has 4 aliphatic rings. The molecular weight excluding hydrogens is 350 g/mol. The summed E-state index contributed by atoms with van der Waals surface area (Å²) in [6.45, 7) is 5.87. The first-order chi connectivity index (χ1) is 13.3. The minimum absolute atomic E-state index is 0.000493. The molecule has 0 saturated heterocycles. The fourth-order valence-electron chi connectivity index (χ4n) is 6.33. The van der Waals surface area contributed by atoms with Crippen molar-refractivity contribution in [3.63, 3.8) is 0 Å². The number of aryl methyl sites for hydroxylation is 2. The van der Waals surface area contributed by atoms with Gasteiger partial charge in [-0.05, 0) is 88.2 Å². The quantitative estimate of drug-likeness (QED) is 0.706. The molecule has 4 bridgehead atoms. The third-order valence-corrected chi connectivity index (χ3v) is 7.12.